The van der Waals surface area contributed by atoms with Crippen molar-refractivity contribution >= 4 is 38.0 Å². The molecule has 0 heterocycles. The molecule has 1 aromatic rings. The molecule has 0 aromatic heterocycles. The Morgan fingerprint density at radius 3 is 2.56 bits per heavy atom. The molecule has 0 aliphatic rings. The zero-order valence-electron chi connectivity index (χ0n) is 5.11. The lowest BCUT2D eigenvalue weighted by Gasteiger charge is -1.96. The van der Waals surface area contributed by atoms with Crippen molar-refractivity contribution in [2.24, 2.45) is 0 Å². The summed E-state index contributed by atoms with van der Waals surface area (Å²) in [5.41, 5.74) is 1.32. The Morgan fingerprint density at radius 2 is 2.11 bits per heavy atom. The molecule has 0 bridgehead atoms. The number of aryl methyl sites for hydroxylation is 1. The lowest BCUT2D eigenvalue weighted by Crippen LogP contribution is -2.01. The third kappa shape index (κ3) is 1.79. The molecule has 3 radical (unpaired) electrons. The van der Waals surface area contributed by atoms with Gasteiger partial charge in [-0.25, -0.2) is 0 Å². The van der Waals surface area contributed by atoms with E-state index in [-0.39, 0.29) is 0 Å². The van der Waals surface area contributed by atoms with Gasteiger partial charge in [0.25, 0.3) is 0 Å². The van der Waals surface area contributed by atoms with Crippen molar-refractivity contribution in [3.05, 3.63) is 27.3 Å². The van der Waals surface area contributed by atoms with E-state index in [1.54, 1.807) is 0 Å². The largest absolute Gasteiger partial charge is 0.0711 e. The van der Waals surface area contributed by atoms with E-state index >= 15 is 0 Å². The predicted octanol–water partition coefficient (Wildman–Crippen LogP) is 1.39. The van der Waals surface area contributed by atoms with Crippen LogP contribution < -0.4 is 5.19 Å². The molecule has 0 saturated heterocycles. The molecule has 0 saturated carbocycles. The zero-order chi connectivity index (χ0) is 6.85. The number of hydrogen-bond donors (Lipinski definition) is 0. The van der Waals surface area contributed by atoms with Gasteiger partial charge < -0.3 is 0 Å². The van der Waals surface area contributed by atoms with Crippen molar-refractivity contribution in [1.82, 2.24) is 0 Å². The molecule has 0 fully saturated rings. The van der Waals surface area contributed by atoms with E-state index in [0.29, 0.717) is 0 Å². The van der Waals surface area contributed by atoms with Crippen LogP contribution in [0.15, 0.2) is 18.2 Å². The summed E-state index contributed by atoms with van der Waals surface area (Å²) < 4.78 is 1.31. The standard InChI is InChI=1S/C7H6ISi/c1-5-4-6(9)2-3-7(5)8/h2-4H,1H3. The van der Waals surface area contributed by atoms with Crippen LogP contribution in [-0.4, -0.2) is 10.2 Å². The summed E-state index contributed by atoms with van der Waals surface area (Å²) in [4.78, 5) is 0. The maximum absolute atomic E-state index is 3.44. The summed E-state index contributed by atoms with van der Waals surface area (Å²) in [6.07, 6.45) is 0. The van der Waals surface area contributed by atoms with Gasteiger partial charge in [-0.05, 0) is 41.1 Å². The Hall–Kier alpha value is 0.167. The second-order valence-corrected chi connectivity index (χ2v) is 3.70. The van der Waals surface area contributed by atoms with Gasteiger partial charge in [0.05, 0.1) is 10.2 Å². The van der Waals surface area contributed by atoms with E-state index in [4.69, 9.17) is 0 Å². The van der Waals surface area contributed by atoms with E-state index < -0.39 is 0 Å². The van der Waals surface area contributed by atoms with Crippen LogP contribution in [0.25, 0.3) is 0 Å². The Balaban J connectivity index is 3.17. The Bertz CT molecular complexity index is 220. The van der Waals surface area contributed by atoms with E-state index in [0.717, 1.165) is 5.19 Å². The molecule has 0 nitrogen and oxygen atoms in total. The van der Waals surface area contributed by atoms with Crippen molar-refractivity contribution in [2.45, 2.75) is 6.92 Å². The summed E-state index contributed by atoms with van der Waals surface area (Å²) in [5.74, 6) is 0. The molecule has 9 heavy (non-hydrogen) atoms. The Labute approximate surface area is 72.2 Å². The molecule has 0 amide bonds. The first-order valence-corrected chi connectivity index (χ1v) is 4.26. The number of rotatable bonds is 0. The molecule has 45 valence electrons. The van der Waals surface area contributed by atoms with Gasteiger partial charge in [-0.3, -0.25) is 0 Å². The molecule has 1 aromatic carbocycles. The Kier molecular flexibility index (Phi) is 2.29. The van der Waals surface area contributed by atoms with Gasteiger partial charge in [0.2, 0.25) is 0 Å². The monoisotopic (exact) mass is 245 g/mol. The van der Waals surface area contributed by atoms with E-state index in [1.807, 2.05) is 6.07 Å². The van der Waals surface area contributed by atoms with Gasteiger partial charge in [0.15, 0.2) is 0 Å². The molecule has 1 rings (SSSR count). The van der Waals surface area contributed by atoms with Crippen molar-refractivity contribution in [1.29, 1.82) is 0 Å². The highest BCUT2D eigenvalue weighted by Crippen LogP contribution is 2.07. The molecular formula is C7H6ISi. The van der Waals surface area contributed by atoms with E-state index in [9.17, 15) is 0 Å². The van der Waals surface area contributed by atoms with Crippen LogP contribution >= 0.6 is 22.6 Å². The van der Waals surface area contributed by atoms with E-state index in [1.165, 1.54) is 9.13 Å². The fourth-order valence-corrected chi connectivity index (χ4v) is 1.28. The predicted molar refractivity (Wildman–Crippen MR) is 49.3 cm³/mol. The number of hydrogen-bond acceptors (Lipinski definition) is 0. The van der Waals surface area contributed by atoms with Crippen LogP contribution in [0, 0.1) is 10.5 Å². The van der Waals surface area contributed by atoms with Gasteiger partial charge in [0.1, 0.15) is 0 Å². The van der Waals surface area contributed by atoms with Crippen LogP contribution in [0.1, 0.15) is 5.56 Å². The molecule has 0 unspecified atom stereocenters. The minimum absolute atomic E-state index is 1.15. The summed E-state index contributed by atoms with van der Waals surface area (Å²) >= 11 is 2.32. The zero-order valence-corrected chi connectivity index (χ0v) is 8.27. The Morgan fingerprint density at radius 1 is 1.44 bits per heavy atom. The summed E-state index contributed by atoms with van der Waals surface area (Å²) in [7, 11) is 3.44. The van der Waals surface area contributed by atoms with Crippen molar-refractivity contribution in [2.75, 3.05) is 0 Å². The average Bonchev–Trinajstić information content (AvgIpc) is 1.80. The van der Waals surface area contributed by atoms with Gasteiger partial charge in [-0.15, -0.1) is 0 Å². The highest BCUT2D eigenvalue weighted by Gasteiger charge is 1.90. The lowest BCUT2D eigenvalue weighted by molar-refractivity contribution is 1.45. The first-order chi connectivity index (χ1) is 4.20. The molecule has 0 atom stereocenters. The van der Waals surface area contributed by atoms with Crippen LogP contribution in [0.2, 0.25) is 0 Å². The SMILES string of the molecule is Cc1cc([Si])ccc1I. The van der Waals surface area contributed by atoms with Crippen molar-refractivity contribution in [3.63, 3.8) is 0 Å². The molecule has 0 N–H and O–H groups in total. The van der Waals surface area contributed by atoms with Crippen LogP contribution in [0.3, 0.4) is 0 Å². The first kappa shape index (κ1) is 7.28. The number of halogens is 1. The molecule has 0 aliphatic carbocycles. The van der Waals surface area contributed by atoms with Gasteiger partial charge in [-0.2, -0.15) is 0 Å². The van der Waals surface area contributed by atoms with Gasteiger partial charge in [-0.1, -0.05) is 17.3 Å². The van der Waals surface area contributed by atoms with Crippen molar-refractivity contribution < 1.29 is 0 Å². The van der Waals surface area contributed by atoms with Crippen LogP contribution in [0.4, 0.5) is 0 Å². The normalized spacial score (nSPS) is 9.67. The lowest BCUT2D eigenvalue weighted by atomic mass is 10.2. The average molecular weight is 245 g/mol. The summed E-state index contributed by atoms with van der Waals surface area (Å²) in [6.45, 7) is 2.10. The minimum Gasteiger partial charge on any atom is -0.0670 e. The van der Waals surface area contributed by atoms with Crippen LogP contribution in [-0.2, 0) is 0 Å². The second kappa shape index (κ2) is 2.83. The van der Waals surface area contributed by atoms with Crippen molar-refractivity contribution in [3.8, 4) is 0 Å². The smallest absolute Gasteiger partial charge is 0.0670 e. The molecule has 2 heteroatoms. The fraction of sp³-hybridized carbons (Fsp3) is 0.143. The fourth-order valence-electron chi connectivity index (χ4n) is 0.645. The third-order valence-electron chi connectivity index (χ3n) is 1.16. The quantitative estimate of drug-likeness (QED) is 0.478. The highest BCUT2D eigenvalue weighted by molar-refractivity contribution is 14.1. The second-order valence-electron chi connectivity index (χ2n) is 1.96. The molecular weight excluding hydrogens is 239 g/mol. The summed E-state index contributed by atoms with van der Waals surface area (Å²) in [5, 5.41) is 1.15. The summed E-state index contributed by atoms with van der Waals surface area (Å²) in [6, 6.07) is 6.25. The van der Waals surface area contributed by atoms with Crippen LogP contribution in [0.5, 0.6) is 0 Å². The van der Waals surface area contributed by atoms with Gasteiger partial charge >= 0.3 is 0 Å². The number of benzene rings is 1. The maximum atomic E-state index is 3.44. The topological polar surface area (TPSA) is 0 Å². The minimum atomic E-state index is 1.15. The highest BCUT2D eigenvalue weighted by atomic mass is 127. The third-order valence-corrected chi connectivity index (χ3v) is 2.68. The molecule has 0 aliphatic heterocycles. The van der Waals surface area contributed by atoms with Gasteiger partial charge in [0, 0.05) is 3.57 Å². The first-order valence-electron chi connectivity index (χ1n) is 2.68. The van der Waals surface area contributed by atoms with E-state index in [2.05, 4.69) is 51.9 Å². The molecule has 0 spiro atoms. The maximum Gasteiger partial charge on any atom is 0.0711 e.